The number of aryl methyl sites for hydroxylation is 1. The number of carboxylic acid groups (broad SMARTS) is 1. The molecule has 1 N–H and O–H groups in total. The lowest BCUT2D eigenvalue weighted by Crippen LogP contribution is -2.28. The van der Waals surface area contributed by atoms with Crippen LogP contribution in [0.5, 0.6) is 0 Å². The molecular weight excluding hydrogens is 230 g/mol. The molecule has 0 amide bonds. The van der Waals surface area contributed by atoms with Crippen molar-refractivity contribution in [2.75, 3.05) is 0 Å². The zero-order valence-electron chi connectivity index (χ0n) is 11.5. The summed E-state index contributed by atoms with van der Waals surface area (Å²) in [5, 5.41) is 9.19. The van der Waals surface area contributed by atoms with Gasteiger partial charge in [-0.2, -0.15) is 0 Å². The zero-order chi connectivity index (χ0) is 13.9. The van der Waals surface area contributed by atoms with Gasteiger partial charge < -0.3 is 9.67 Å². The summed E-state index contributed by atoms with van der Waals surface area (Å²) >= 11 is 0. The van der Waals surface area contributed by atoms with Crippen molar-refractivity contribution in [3.8, 4) is 0 Å². The first-order valence-electron chi connectivity index (χ1n) is 6.36. The fourth-order valence-corrected chi connectivity index (χ4v) is 2.28. The highest BCUT2D eigenvalue weighted by Gasteiger charge is 2.17. The summed E-state index contributed by atoms with van der Waals surface area (Å²) in [5.41, 5.74) is 1.23. The van der Waals surface area contributed by atoms with Crippen LogP contribution in [0.15, 0.2) is 10.9 Å². The Kier molecular flexibility index (Phi) is 4.70. The highest BCUT2D eigenvalue weighted by Crippen LogP contribution is 2.15. The third kappa shape index (κ3) is 2.81. The molecule has 0 aliphatic heterocycles. The molecule has 0 spiro atoms. The maximum absolute atomic E-state index is 12.0. The average Bonchev–Trinajstić information content (AvgIpc) is 2.28. The Morgan fingerprint density at radius 1 is 1.33 bits per heavy atom. The predicted molar refractivity (Wildman–Crippen MR) is 71.2 cm³/mol. The van der Waals surface area contributed by atoms with E-state index < -0.39 is 5.97 Å². The van der Waals surface area contributed by atoms with Gasteiger partial charge in [-0.3, -0.25) is 4.79 Å². The number of hydrogen-bond acceptors (Lipinski definition) is 2. The van der Waals surface area contributed by atoms with Crippen molar-refractivity contribution >= 4 is 5.97 Å². The fraction of sp³-hybridized carbons (Fsp3) is 0.571. The molecule has 0 aliphatic rings. The number of pyridine rings is 1. The smallest absolute Gasteiger partial charge is 0.337 e. The number of nitrogens with zero attached hydrogens (tertiary/aromatic N) is 1. The molecule has 0 saturated carbocycles. The van der Waals surface area contributed by atoms with Crippen LogP contribution in [0.1, 0.15) is 48.3 Å². The molecule has 0 bridgehead atoms. The quantitative estimate of drug-likeness (QED) is 0.875. The normalized spacial score (nSPS) is 10.9. The van der Waals surface area contributed by atoms with Gasteiger partial charge in [0.05, 0.1) is 5.56 Å². The number of carbonyl (C=O) groups is 1. The average molecular weight is 251 g/mol. The van der Waals surface area contributed by atoms with Crippen LogP contribution in [0.3, 0.4) is 0 Å². The first-order valence-corrected chi connectivity index (χ1v) is 6.36. The van der Waals surface area contributed by atoms with Gasteiger partial charge in [0, 0.05) is 18.3 Å². The van der Waals surface area contributed by atoms with Crippen molar-refractivity contribution in [2.24, 2.45) is 5.92 Å². The monoisotopic (exact) mass is 251 g/mol. The number of aromatic nitrogens is 1. The van der Waals surface area contributed by atoms with Crippen molar-refractivity contribution in [1.29, 1.82) is 0 Å². The molecule has 0 aromatic carbocycles. The van der Waals surface area contributed by atoms with Crippen LogP contribution >= 0.6 is 0 Å². The molecule has 1 aromatic rings. The highest BCUT2D eigenvalue weighted by molar-refractivity contribution is 5.90. The van der Waals surface area contributed by atoms with E-state index in [0.29, 0.717) is 23.7 Å². The molecule has 1 heterocycles. The van der Waals surface area contributed by atoms with E-state index in [1.807, 2.05) is 0 Å². The predicted octanol–water partition coefficient (Wildman–Crippen LogP) is 2.60. The third-order valence-electron chi connectivity index (χ3n) is 3.58. The summed E-state index contributed by atoms with van der Waals surface area (Å²) in [6, 6.07) is 1.42. The van der Waals surface area contributed by atoms with Crippen LogP contribution < -0.4 is 5.56 Å². The molecule has 0 atom stereocenters. The molecule has 0 aliphatic carbocycles. The maximum Gasteiger partial charge on any atom is 0.337 e. The standard InChI is InChI=1S/C14H21NO3/c1-5-11(6-2)8-15-10(4)13(14(17)18)9(3)7-12(15)16/h7,11H,5-6,8H2,1-4H3,(H,17,18). The van der Waals surface area contributed by atoms with Crippen molar-refractivity contribution in [1.82, 2.24) is 4.57 Å². The Hall–Kier alpha value is -1.58. The van der Waals surface area contributed by atoms with Crippen LogP contribution in [0.2, 0.25) is 0 Å². The second-order valence-electron chi connectivity index (χ2n) is 4.72. The van der Waals surface area contributed by atoms with Crippen LogP contribution in [-0.2, 0) is 6.54 Å². The zero-order valence-corrected chi connectivity index (χ0v) is 11.5. The van der Waals surface area contributed by atoms with E-state index in [9.17, 15) is 14.7 Å². The lowest BCUT2D eigenvalue weighted by Gasteiger charge is -2.18. The van der Waals surface area contributed by atoms with E-state index in [1.54, 1.807) is 18.4 Å². The number of rotatable bonds is 5. The van der Waals surface area contributed by atoms with Crippen LogP contribution in [-0.4, -0.2) is 15.6 Å². The van der Waals surface area contributed by atoms with Gasteiger partial charge in [0.2, 0.25) is 0 Å². The van der Waals surface area contributed by atoms with Gasteiger partial charge >= 0.3 is 5.97 Å². The number of aromatic carboxylic acids is 1. The van der Waals surface area contributed by atoms with Crippen molar-refractivity contribution < 1.29 is 9.90 Å². The van der Waals surface area contributed by atoms with Crippen molar-refractivity contribution in [3.63, 3.8) is 0 Å². The summed E-state index contributed by atoms with van der Waals surface area (Å²) in [5.74, 6) is -0.561. The Labute approximate surface area is 107 Å². The highest BCUT2D eigenvalue weighted by atomic mass is 16.4. The van der Waals surface area contributed by atoms with Gasteiger partial charge in [0.15, 0.2) is 0 Å². The minimum Gasteiger partial charge on any atom is -0.478 e. The van der Waals surface area contributed by atoms with Crippen LogP contribution in [0, 0.1) is 19.8 Å². The molecule has 4 heteroatoms. The van der Waals surface area contributed by atoms with Crippen LogP contribution in [0.25, 0.3) is 0 Å². The lowest BCUT2D eigenvalue weighted by molar-refractivity contribution is 0.0694. The Bertz CT molecular complexity index is 498. The maximum atomic E-state index is 12.0. The molecule has 4 nitrogen and oxygen atoms in total. The summed E-state index contributed by atoms with van der Waals surface area (Å²) in [7, 11) is 0. The SMILES string of the molecule is CCC(CC)Cn1c(C)c(C(=O)O)c(C)cc1=O. The first kappa shape index (κ1) is 14.5. The van der Waals surface area contributed by atoms with Gasteiger partial charge in [-0.05, 0) is 25.3 Å². The molecule has 100 valence electrons. The molecule has 0 unspecified atom stereocenters. The Morgan fingerprint density at radius 2 is 1.89 bits per heavy atom. The Balaban J connectivity index is 3.32. The fourth-order valence-electron chi connectivity index (χ4n) is 2.28. The molecule has 18 heavy (non-hydrogen) atoms. The minimum absolute atomic E-state index is 0.109. The van der Waals surface area contributed by atoms with E-state index in [1.165, 1.54) is 6.07 Å². The Morgan fingerprint density at radius 3 is 2.33 bits per heavy atom. The van der Waals surface area contributed by atoms with Gasteiger partial charge in [-0.1, -0.05) is 26.7 Å². The molecular formula is C14H21NO3. The van der Waals surface area contributed by atoms with E-state index in [-0.39, 0.29) is 11.1 Å². The first-order chi connectivity index (χ1) is 8.42. The van der Waals surface area contributed by atoms with E-state index in [0.717, 1.165) is 12.8 Å². The van der Waals surface area contributed by atoms with Crippen molar-refractivity contribution in [2.45, 2.75) is 47.1 Å². The molecule has 0 saturated heterocycles. The summed E-state index contributed by atoms with van der Waals surface area (Å²) < 4.78 is 1.59. The molecule has 1 rings (SSSR count). The van der Waals surface area contributed by atoms with E-state index in [4.69, 9.17) is 0 Å². The third-order valence-corrected chi connectivity index (χ3v) is 3.58. The van der Waals surface area contributed by atoms with Crippen LogP contribution in [0.4, 0.5) is 0 Å². The summed E-state index contributed by atoms with van der Waals surface area (Å²) in [6.45, 7) is 8.14. The molecule has 1 aromatic heterocycles. The number of hydrogen-bond donors (Lipinski definition) is 1. The van der Waals surface area contributed by atoms with E-state index >= 15 is 0 Å². The van der Waals surface area contributed by atoms with Gasteiger partial charge in [0.1, 0.15) is 0 Å². The number of carboxylic acids is 1. The van der Waals surface area contributed by atoms with Gasteiger partial charge in [-0.25, -0.2) is 4.79 Å². The largest absolute Gasteiger partial charge is 0.478 e. The second kappa shape index (κ2) is 5.85. The molecule has 0 fully saturated rings. The summed E-state index contributed by atoms with van der Waals surface area (Å²) in [4.78, 5) is 23.2. The van der Waals surface area contributed by atoms with E-state index in [2.05, 4.69) is 13.8 Å². The molecule has 0 radical (unpaired) electrons. The van der Waals surface area contributed by atoms with Gasteiger partial charge in [0.25, 0.3) is 5.56 Å². The van der Waals surface area contributed by atoms with Crippen molar-refractivity contribution in [3.05, 3.63) is 33.2 Å². The minimum atomic E-state index is -0.969. The lowest BCUT2D eigenvalue weighted by atomic mass is 10.0. The second-order valence-corrected chi connectivity index (χ2v) is 4.72. The topological polar surface area (TPSA) is 59.3 Å². The van der Waals surface area contributed by atoms with Gasteiger partial charge in [-0.15, -0.1) is 0 Å². The summed E-state index contributed by atoms with van der Waals surface area (Å²) in [6.07, 6.45) is 1.97.